The Kier molecular flexibility index (Phi) is 46.5. The molecule has 3 aliphatic heterocycles. The van der Waals surface area contributed by atoms with Crippen molar-refractivity contribution in [1.29, 1.82) is 0 Å². The van der Waals surface area contributed by atoms with Gasteiger partial charge in [-0.25, -0.2) is 0 Å². The number of carbonyl (C=O) groups excluding carboxylic acids is 1. The summed E-state index contributed by atoms with van der Waals surface area (Å²) in [6.07, 6.45) is 34.1. The van der Waals surface area contributed by atoms with E-state index in [2.05, 4.69) is 55.6 Å². The average Bonchev–Trinajstić information content (AvgIpc) is 1.80. The van der Waals surface area contributed by atoms with Crippen molar-refractivity contribution in [2.45, 2.75) is 356 Å². The fourth-order valence-electron chi connectivity index (χ4n) is 11.7. The molecule has 3 heterocycles. The first-order valence-electron chi connectivity index (χ1n) is 34.9. The van der Waals surface area contributed by atoms with Crippen LogP contribution in [-0.4, -0.2) is 193 Å². The minimum absolute atomic E-state index is 0.207. The summed E-state index contributed by atoms with van der Waals surface area (Å²) in [5.41, 5.74) is 0. The van der Waals surface area contributed by atoms with Gasteiger partial charge in [-0.15, -0.1) is 0 Å². The molecule has 0 aromatic rings. The third-order valence-corrected chi connectivity index (χ3v) is 17.4. The van der Waals surface area contributed by atoms with Crippen LogP contribution in [0.15, 0.2) is 48.6 Å². The Bertz CT molecular complexity index is 1790. The Balaban J connectivity index is 1.40. The standard InChI is InChI=1S/C69H125NO18/c1-3-5-7-9-11-13-15-17-18-19-20-21-22-23-24-25-26-27-28-29-30-31-32-33-35-36-38-40-42-44-46-53(74)52(70-57(75)47-45-43-41-39-37-34-16-14-12-10-8-6-4-2)51-83-67-63(81)60(78)65(55(49-72)85-67)88-69-64(82)61(79)66(56(50-73)86-69)87-68-62(80)59(77)58(76)54(48-71)84-68/h6,8,12,14,34,37,44,46,52-56,58-69,71-74,76-82H,3-5,7,9-11,13,15-33,35-36,38-43,45,47-51H2,1-2H3,(H,70,75)/b8-6-,14-12-,37-34-,46-44+. The summed E-state index contributed by atoms with van der Waals surface area (Å²) in [5.74, 6) is -0.304. The second-order valence-electron chi connectivity index (χ2n) is 25.0. The number of aliphatic hydroxyl groups is 11. The highest BCUT2D eigenvalue weighted by Gasteiger charge is 2.53. The third kappa shape index (κ3) is 33.0. The van der Waals surface area contributed by atoms with E-state index in [4.69, 9.17) is 28.4 Å². The molecule has 0 aliphatic carbocycles. The zero-order valence-electron chi connectivity index (χ0n) is 54.2. The Hall–Kier alpha value is -2.25. The van der Waals surface area contributed by atoms with Gasteiger partial charge in [0.25, 0.3) is 0 Å². The lowest BCUT2D eigenvalue weighted by molar-refractivity contribution is -0.379. The van der Waals surface area contributed by atoms with Crippen molar-refractivity contribution in [3.63, 3.8) is 0 Å². The van der Waals surface area contributed by atoms with Crippen LogP contribution in [0.5, 0.6) is 0 Å². The molecule has 3 aliphatic rings. The molecule has 3 saturated heterocycles. The van der Waals surface area contributed by atoms with Gasteiger partial charge in [-0.2, -0.15) is 0 Å². The van der Waals surface area contributed by atoms with Crippen LogP contribution in [-0.2, 0) is 33.2 Å². The largest absolute Gasteiger partial charge is 0.394 e. The number of unbranched alkanes of at least 4 members (excludes halogenated alkanes) is 31. The number of nitrogens with one attached hydrogen (secondary N) is 1. The van der Waals surface area contributed by atoms with Gasteiger partial charge in [0.05, 0.1) is 38.6 Å². The molecule has 0 aromatic heterocycles. The molecule has 17 unspecified atom stereocenters. The van der Waals surface area contributed by atoms with Crippen LogP contribution in [0.2, 0.25) is 0 Å². The number of rotatable bonds is 53. The molecule has 88 heavy (non-hydrogen) atoms. The first-order valence-corrected chi connectivity index (χ1v) is 34.9. The van der Waals surface area contributed by atoms with Crippen molar-refractivity contribution in [2.75, 3.05) is 26.4 Å². The SMILES string of the molecule is CC/C=C\C/C=C\C/C=C\CCCCCC(=O)NC(COC1OC(CO)C(OC2OC(CO)C(OC3OC(CO)C(O)C(O)C3O)C(O)C2O)C(O)C1O)C(O)/C=C/CCCCCCCCCCCCCCCCCCCCCCCCCCCCCC. The van der Waals surface area contributed by atoms with Crippen LogP contribution in [0, 0.1) is 0 Å². The Morgan fingerprint density at radius 1 is 0.420 bits per heavy atom. The molecule has 19 nitrogen and oxygen atoms in total. The summed E-state index contributed by atoms with van der Waals surface area (Å²) in [4.78, 5) is 13.3. The number of hydrogen-bond acceptors (Lipinski definition) is 18. The number of amides is 1. The molecule has 12 N–H and O–H groups in total. The fraction of sp³-hybridized carbons (Fsp3) is 0.870. The molecule has 17 atom stereocenters. The quantitative estimate of drug-likeness (QED) is 0.0200. The highest BCUT2D eigenvalue weighted by molar-refractivity contribution is 5.76. The highest BCUT2D eigenvalue weighted by atomic mass is 16.8. The minimum Gasteiger partial charge on any atom is -0.394 e. The maximum atomic E-state index is 13.3. The van der Waals surface area contributed by atoms with Crippen LogP contribution < -0.4 is 5.32 Å². The fourth-order valence-corrected chi connectivity index (χ4v) is 11.7. The molecule has 0 bridgehead atoms. The van der Waals surface area contributed by atoms with Crippen LogP contribution in [0.1, 0.15) is 251 Å². The smallest absolute Gasteiger partial charge is 0.220 e. The lowest BCUT2D eigenvalue weighted by Crippen LogP contribution is -2.66. The molecule has 0 spiro atoms. The van der Waals surface area contributed by atoms with Gasteiger partial charge in [-0.05, 0) is 51.4 Å². The van der Waals surface area contributed by atoms with Crippen molar-refractivity contribution in [2.24, 2.45) is 0 Å². The predicted molar refractivity (Wildman–Crippen MR) is 342 cm³/mol. The molecular formula is C69H125NO18. The van der Waals surface area contributed by atoms with Gasteiger partial charge in [0.15, 0.2) is 18.9 Å². The first-order chi connectivity index (χ1) is 42.8. The number of allylic oxidation sites excluding steroid dienone is 7. The van der Waals surface area contributed by atoms with E-state index in [1.54, 1.807) is 6.08 Å². The molecule has 19 heteroatoms. The second kappa shape index (κ2) is 51.2. The Labute approximate surface area is 529 Å². The average molecular weight is 1260 g/mol. The van der Waals surface area contributed by atoms with Crippen LogP contribution >= 0.6 is 0 Å². The van der Waals surface area contributed by atoms with Gasteiger partial charge in [-0.1, -0.05) is 242 Å². The second-order valence-corrected chi connectivity index (χ2v) is 25.0. The third-order valence-electron chi connectivity index (χ3n) is 17.4. The molecule has 0 saturated carbocycles. The molecule has 514 valence electrons. The maximum Gasteiger partial charge on any atom is 0.220 e. The van der Waals surface area contributed by atoms with Gasteiger partial charge < -0.3 is 89.9 Å². The van der Waals surface area contributed by atoms with Gasteiger partial charge in [0.2, 0.25) is 5.91 Å². The van der Waals surface area contributed by atoms with E-state index in [1.807, 2.05) is 6.08 Å². The van der Waals surface area contributed by atoms with E-state index >= 15 is 0 Å². The summed E-state index contributed by atoms with van der Waals surface area (Å²) >= 11 is 0. The zero-order chi connectivity index (χ0) is 64.0. The van der Waals surface area contributed by atoms with E-state index < -0.39 is 124 Å². The van der Waals surface area contributed by atoms with Crippen molar-refractivity contribution in [3.8, 4) is 0 Å². The highest BCUT2D eigenvalue weighted by Crippen LogP contribution is 2.33. The van der Waals surface area contributed by atoms with Gasteiger partial charge >= 0.3 is 0 Å². The summed E-state index contributed by atoms with van der Waals surface area (Å²) in [6.45, 7) is 1.60. The number of aliphatic hydroxyl groups excluding tert-OH is 11. The molecule has 0 radical (unpaired) electrons. The van der Waals surface area contributed by atoms with E-state index in [0.29, 0.717) is 6.42 Å². The minimum atomic E-state index is -1.98. The zero-order valence-corrected chi connectivity index (χ0v) is 54.2. The molecular weight excluding hydrogens is 1130 g/mol. The number of carbonyl (C=O) groups is 1. The predicted octanol–water partition coefficient (Wildman–Crippen LogP) is 9.00. The van der Waals surface area contributed by atoms with Crippen LogP contribution in [0.3, 0.4) is 0 Å². The van der Waals surface area contributed by atoms with Crippen molar-refractivity contribution in [3.05, 3.63) is 48.6 Å². The van der Waals surface area contributed by atoms with Crippen molar-refractivity contribution in [1.82, 2.24) is 5.32 Å². The van der Waals surface area contributed by atoms with Gasteiger partial charge in [0.1, 0.15) is 73.2 Å². The lowest BCUT2D eigenvalue weighted by Gasteiger charge is -2.48. The summed E-state index contributed by atoms with van der Waals surface area (Å²) in [6, 6.07) is -0.990. The summed E-state index contributed by atoms with van der Waals surface area (Å²) in [7, 11) is 0. The monoisotopic (exact) mass is 1260 g/mol. The summed E-state index contributed by atoms with van der Waals surface area (Å²) < 4.78 is 34.3. The number of ether oxygens (including phenoxy) is 6. The van der Waals surface area contributed by atoms with Crippen LogP contribution in [0.25, 0.3) is 0 Å². The molecule has 3 fully saturated rings. The van der Waals surface area contributed by atoms with Gasteiger partial charge in [0, 0.05) is 6.42 Å². The maximum absolute atomic E-state index is 13.3. The Morgan fingerprint density at radius 2 is 0.784 bits per heavy atom. The number of hydrogen-bond donors (Lipinski definition) is 12. The molecule has 0 aromatic carbocycles. The lowest BCUT2D eigenvalue weighted by atomic mass is 9.96. The van der Waals surface area contributed by atoms with E-state index in [1.165, 1.54) is 161 Å². The van der Waals surface area contributed by atoms with E-state index in [0.717, 1.165) is 64.2 Å². The van der Waals surface area contributed by atoms with Crippen molar-refractivity contribution < 1.29 is 89.4 Å². The van der Waals surface area contributed by atoms with Gasteiger partial charge in [-0.3, -0.25) is 4.79 Å². The topological polar surface area (TPSA) is 307 Å². The molecule has 1 amide bonds. The van der Waals surface area contributed by atoms with Crippen molar-refractivity contribution >= 4 is 5.91 Å². The normalized spacial score (nSPS) is 28.7. The van der Waals surface area contributed by atoms with E-state index in [9.17, 15) is 61.0 Å². The van der Waals surface area contributed by atoms with E-state index in [-0.39, 0.29) is 18.9 Å². The van der Waals surface area contributed by atoms with Crippen LogP contribution in [0.4, 0.5) is 0 Å². The summed E-state index contributed by atoms with van der Waals surface area (Å²) in [5, 5.41) is 120. The Morgan fingerprint density at radius 3 is 1.23 bits per heavy atom. The first kappa shape index (κ1) is 80.0. The molecule has 3 rings (SSSR count).